The first-order valence-electron chi connectivity index (χ1n) is 18.6. The number of ether oxygens (including phenoxy) is 1. The van der Waals surface area contributed by atoms with Crippen molar-refractivity contribution in [1.29, 1.82) is 0 Å². The molecule has 0 amide bonds. The first kappa shape index (κ1) is 30.0. The molecule has 1 spiro atoms. The number of halogens is 1. The van der Waals surface area contributed by atoms with E-state index in [0.717, 1.165) is 23.6 Å². The molecular weight excluding hydrogens is 759 g/mol. The van der Waals surface area contributed by atoms with Crippen LogP contribution in [0.2, 0.25) is 0 Å². The Labute approximate surface area is 316 Å². The van der Waals surface area contributed by atoms with Gasteiger partial charge < -0.3 is 0 Å². The van der Waals surface area contributed by atoms with Crippen LogP contribution in [0.25, 0.3) is 38.6 Å². The molecule has 0 radical (unpaired) electrons. The van der Waals surface area contributed by atoms with Gasteiger partial charge >= 0.3 is 306 Å². The summed E-state index contributed by atoms with van der Waals surface area (Å²) in [5.41, 5.74) is 13.0. The van der Waals surface area contributed by atoms with Gasteiger partial charge in [0, 0.05) is 0 Å². The van der Waals surface area contributed by atoms with E-state index in [0.29, 0.717) is 3.92 Å². The first-order valence-corrected chi connectivity index (χ1v) is 22.5. The Hall–Kier alpha value is -5.46. The van der Waals surface area contributed by atoms with Crippen molar-refractivity contribution in [1.82, 2.24) is 4.57 Å². The molecule has 12 rings (SSSR count). The van der Waals surface area contributed by atoms with Crippen LogP contribution in [0.4, 0.5) is 0 Å². The molecule has 0 N–H and O–H groups in total. The zero-order valence-corrected chi connectivity index (χ0v) is 31.2. The van der Waals surface area contributed by atoms with E-state index in [1.807, 2.05) is 6.21 Å². The van der Waals surface area contributed by atoms with Crippen molar-refractivity contribution in [2.75, 3.05) is 0 Å². The van der Waals surface area contributed by atoms with E-state index in [4.69, 9.17) is 9.73 Å². The van der Waals surface area contributed by atoms with E-state index in [9.17, 15) is 0 Å². The second-order valence-corrected chi connectivity index (χ2v) is 20.6. The summed E-state index contributed by atoms with van der Waals surface area (Å²) in [7, 11) is 0. The summed E-state index contributed by atoms with van der Waals surface area (Å²) >= 11 is -1.72. The van der Waals surface area contributed by atoms with Crippen LogP contribution < -0.4 is 4.74 Å². The first-order chi connectivity index (χ1) is 26.3. The zero-order chi connectivity index (χ0) is 34.7. The van der Waals surface area contributed by atoms with Crippen LogP contribution in [-0.2, 0) is 9.84 Å². The number of hydrogen-bond donors (Lipinski definition) is 0. The number of rotatable bonds is 2. The van der Waals surface area contributed by atoms with Crippen LogP contribution in [0.15, 0.2) is 180 Å². The number of nitrogens with zero attached hydrogens (tertiary/aromatic N) is 2. The average molecular weight is 795 g/mol. The minimum absolute atomic E-state index is 0.0754. The van der Waals surface area contributed by atoms with Gasteiger partial charge in [-0.3, -0.25) is 0 Å². The van der Waals surface area contributed by atoms with Crippen molar-refractivity contribution in [3.8, 4) is 28.3 Å². The van der Waals surface area contributed by atoms with Crippen LogP contribution in [0.5, 0.6) is 11.5 Å². The van der Waals surface area contributed by atoms with Gasteiger partial charge in [-0.15, -0.1) is 0 Å². The summed E-state index contributed by atoms with van der Waals surface area (Å²) in [5.74, 6) is 2.06. The Morgan fingerprint density at radius 3 is 2.26 bits per heavy atom. The van der Waals surface area contributed by atoms with Gasteiger partial charge in [0.05, 0.1) is 0 Å². The van der Waals surface area contributed by atoms with Gasteiger partial charge in [-0.2, -0.15) is 0 Å². The number of alkyl halides is 2. The Morgan fingerprint density at radius 2 is 1.40 bits per heavy atom. The van der Waals surface area contributed by atoms with Crippen molar-refractivity contribution in [3.63, 3.8) is 0 Å². The predicted octanol–water partition coefficient (Wildman–Crippen LogP) is 12.0. The van der Waals surface area contributed by atoms with E-state index in [1.165, 1.54) is 59.6 Å². The molecule has 53 heavy (non-hydrogen) atoms. The van der Waals surface area contributed by atoms with Crippen molar-refractivity contribution >= 4 is 47.8 Å². The maximum absolute atomic E-state index is 7.01. The third-order valence-electron chi connectivity index (χ3n) is 12.3. The van der Waals surface area contributed by atoms with Gasteiger partial charge in [-0.05, 0) is 0 Å². The summed E-state index contributed by atoms with van der Waals surface area (Å²) in [5, 5.41) is 2.53. The Morgan fingerprint density at radius 1 is 0.679 bits per heavy atom. The fourth-order valence-corrected chi connectivity index (χ4v) is 17.2. The van der Waals surface area contributed by atoms with E-state index in [2.05, 4.69) is 168 Å². The van der Waals surface area contributed by atoms with Crippen LogP contribution >= 0.6 is 19.8 Å². The summed E-state index contributed by atoms with van der Waals surface area (Å²) in [4.78, 5) is 5.25. The zero-order valence-electron chi connectivity index (χ0n) is 29.0. The Bertz CT molecular complexity index is 2770. The van der Waals surface area contributed by atoms with Crippen molar-refractivity contribution in [3.05, 3.63) is 195 Å². The van der Waals surface area contributed by atoms with Crippen molar-refractivity contribution in [2.24, 2.45) is 10.9 Å². The van der Waals surface area contributed by atoms with E-state index in [1.54, 1.807) is 9.14 Å². The number of para-hydroxylation sites is 3. The molecule has 0 saturated carbocycles. The predicted molar refractivity (Wildman–Crippen MR) is 226 cm³/mol. The Balaban J connectivity index is 1.05. The van der Waals surface area contributed by atoms with Crippen LogP contribution in [-0.4, -0.2) is 20.7 Å². The molecule has 6 aromatic carbocycles. The molecule has 3 nitrogen and oxygen atoms in total. The normalized spacial score (nSPS) is 23.7. The van der Waals surface area contributed by atoms with Crippen molar-refractivity contribution < 1.29 is 4.74 Å². The molecule has 0 fully saturated rings. The molecule has 2 aliphatic carbocycles. The summed E-state index contributed by atoms with van der Waals surface area (Å²) in [6.07, 6.45) is 12.8. The summed E-state index contributed by atoms with van der Waals surface area (Å²) in [6.45, 7) is 0. The van der Waals surface area contributed by atoms with E-state index >= 15 is 0 Å². The van der Waals surface area contributed by atoms with Gasteiger partial charge in [0.15, 0.2) is 0 Å². The van der Waals surface area contributed by atoms with E-state index < -0.39 is 19.8 Å². The topological polar surface area (TPSA) is 26.5 Å². The average Bonchev–Trinajstić information content (AvgIpc) is 3.71. The molecule has 4 heteroatoms. The quantitative estimate of drug-likeness (QED) is 0.126. The van der Waals surface area contributed by atoms with Crippen LogP contribution in [0, 0.1) is 9.49 Å². The number of dihydropyridines is 1. The standard InChI is InChI=1S/C49H35IN2O/c1-2-13-34-31(12-1)30-50(43-19-7-3-14-35(34)43)32-23-25-38-42(28-32)49(41-18-11-27-51-48(38)41)39-17-6-10-22-46(39)53-47-29-33(24-26-40(47)49)52-44-20-8-4-15-36(44)37-16-5-9-21-45(37)52/h1-27,29,32,41,48H,28,30H2. The molecule has 254 valence electrons. The molecule has 1 aromatic heterocycles. The molecule has 0 bridgehead atoms. The second kappa shape index (κ2) is 11.3. The molecular formula is C49H35IN2O. The third kappa shape index (κ3) is 4.07. The fraction of sp³-hybridized carbons (Fsp3) is 0.122. The minimum atomic E-state index is -1.72. The van der Waals surface area contributed by atoms with Crippen molar-refractivity contribution in [2.45, 2.75) is 26.2 Å². The van der Waals surface area contributed by atoms with Gasteiger partial charge in [-0.1, -0.05) is 12.1 Å². The monoisotopic (exact) mass is 794 g/mol. The summed E-state index contributed by atoms with van der Waals surface area (Å²) in [6, 6.07) is 51.8. The molecule has 0 saturated heterocycles. The van der Waals surface area contributed by atoms with E-state index in [-0.39, 0.29) is 17.4 Å². The number of allylic oxidation sites excluding steroid dienone is 3. The molecule has 4 atom stereocenters. The van der Waals surface area contributed by atoms with Gasteiger partial charge in [0.25, 0.3) is 0 Å². The molecule has 4 heterocycles. The summed E-state index contributed by atoms with van der Waals surface area (Å²) < 4.78 is 12.7. The third-order valence-corrected chi connectivity index (χ3v) is 19.2. The fourth-order valence-electron chi connectivity index (χ4n) is 10.3. The number of aromatic nitrogens is 1. The molecule has 5 aliphatic rings. The van der Waals surface area contributed by atoms with Gasteiger partial charge in [0.2, 0.25) is 0 Å². The number of hydrogen-bond acceptors (Lipinski definition) is 2. The van der Waals surface area contributed by atoms with Gasteiger partial charge in [-0.25, -0.2) is 0 Å². The SMILES string of the molecule is C1=CC2C(N=C1)C1=C(CC(I3Cc4ccccc4-c4ccccc43)C=C1)C21c2ccccc2Oc2cc(-n3c4ccccc4c4ccccc43)ccc21. The van der Waals surface area contributed by atoms with Gasteiger partial charge in [0.1, 0.15) is 0 Å². The maximum atomic E-state index is 7.01. The molecule has 3 aliphatic heterocycles. The molecule has 7 aromatic rings. The van der Waals surface area contributed by atoms with Crippen LogP contribution in [0.3, 0.4) is 0 Å². The second-order valence-electron chi connectivity index (χ2n) is 14.8. The molecule has 4 unspecified atom stereocenters. The number of benzene rings is 6. The number of aliphatic imine (C=N–C) groups is 1. The number of fused-ring (bicyclic) bond motifs is 14. The van der Waals surface area contributed by atoms with Crippen LogP contribution in [0.1, 0.15) is 23.1 Å². The Kier molecular flexibility index (Phi) is 6.39.